The van der Waals surface area contributed by atoms with Gasteiger partial charge in [-0.25, -0.2) is 0 Å². The van der Waals surface area contributed by atoms with Gasteiger partial charge in [-0.1, -0.05) is 0 Å². The Morgan fingerprint density at radius 3 is 3.06 bits per heavy atom. The number of nitrogens with one attached hydrogen (secondary N) is 2. The van der Waals surface area contributed by atoms with Crippen LogP contribution < -0.4 is 10.6 Å². The second-order valence-corrected chi connectivity index (χ2v) is 5.65. The van der Waals surface area contributed by atoms with Gasteiger partial charge in [-0.3, -0.25) is 4.79 Å². The van der Waals surface area contributed by atoms with Crippen LogP contribution >= 0.6 is 11.3 Å². The van der Waals surface area contributed by atoms with Crippen LogP contribution in [0, 0.1) is 5.92 Å². The van der Waals surface area contributed by atoms with E-state index in [0.717, 1.165) is 18.9 Å². The van der Waals surface area contributed by atoms with Crippen LogP contribution in [0.3, 0.4) is 0 Å². The van der Waals surface area contributed by atoms with E-state index in [1.165, 1.54) is 18.4 Å². The molecule has 1 fully saturated rings. The Balaban J connectivity index is 1.58. The molecule has 1 heterocycles. The monoisotopic (exact) mass is 252 g/mol. The molecule has 4 heteroatoms. The molecule has 1 amide bonds. The summed E-state index contributed by atoms with van der Waals surface area (Å²) in [6.45, 7) is 3.41. The molecule has 0 bridgehead atoms. The number of carbonyl (C=O) groups excluding carboxylic acids is 1. The molecular weight excluding hydrogens is 232 g/mol. The molecule has 94 valence electrons. The molecule has 1 aliphatic carbocycles. The minimum Gasteiger partial charge on any atom is -0.355 e. The van der Waals surface area contributed by atoms with Gasteiger partial charge in [0, 0.05) is 12.6 Å². The van der Waals surface area contributed by atoms with Crippen molar-refractivity contribution >= 4 is 17.2 Å². The van der Waals surface area contributed by atoms with E-state index < -0.39 is 0 Å². The van der Waals surface area contributed by atoms with Crippen LogP contribution in [-0.2, 0) is 11.2 Å². The van der Waals surface area contributed by atoms with Gasteiger partial charge in [0.15, 0.2) is 0 Å². The summed E-state index contributed by atoms with van der Waals surface area (Å²) in [4.78, 5) is 11.5. The second kappa shape index (κ2) is 6.17. The molecule has 1 atom stereocenters. The molecule has 1 aliphatic rings. The third-order valence-electron chi connectivity index (χ3n) is 3.02. The van der Waals surface area contributed by atoms with Crippen molar-refractivity contribution in [2.75, 3.05) is 13.1 Å². The lowest BCUT2D eigenvalue weighted by Gasteiger charge is -2.12. The smallest absolute Gasteiger partial charge is 0.233 e. The van der Waals surface area contributed by atoms with Gasteiger partial charge in [0.1, 0.15) is 0 Å². The Hall–Kier alpha value is -0.870. The van der Waals surface area contributed by atoms with Crippen molar-refractivity contribution in [2.45, 2.75) is 32.2 Å². The number of thiophene rings is 1. The summed E-state index contributed by atoms with van der Waals surface area (Å²) >= 11 is 1.72. The molecule has 2 rings (SSSR count). The average molecular weight is 252 g/mol. The molecule has 0 spiro atoms. The zero-order chi connectivity index (χ0) is 12.1. The van der Waals surface area contributed by atoms with Gasteiger partial charge in [-0.05, 0) is 54.5 Å². The van der Waals surface area contributed by atoms with Gasteiger partial charge in [0.25, 0.3) is 0 Å². The highest BCUT2D eigenvalue weighted by atomic mass is 32.1. The Kier molecular flexibility index (Phi) is 4.57. The normalized spacial score (nSPS) is 16.8. The SMILES string of the molecule is CC(Cc1ccsc1)NCC(=O)NCC1CC1. The lowest BCUT2D eigenvalue weighted by molar-refractivity contribution is -0.120. The molecule has 1 aromatic heterocycles. The van der Waals surface area contributed by atoms with E-state index in [0.29, 0.717) is 12.6 Å². The molecule has 3 nitrogen and oxygen atoms in total. The topological polar surface area (TPSA) is 41.1 Å². The third-order valence-corrected chi connectivity index (χ3v) is 3.75. The molecule has 0 aliphatic heterocycles. The van der Waals surface area contributed by atoms with Crippen LogP contribution in [0.25, 0.3) is 0 Å². The fourth-order valence-corrected chi connectivity index (χ4v) is 2.43. The van der Waals surface area contributed by atoms with Crippen LogP contribution in [0.1, 0.15) is 25.3 Å². The van der Waals surface area contributed by atoms with Gasteiger partial charge >= 0.3 is 0 Å². The largest absolute Gasteiger partial charge is 0.355 e. The van der Waals surface area contributed by atoms with Gasteiger partial charge in [0.05, 0.1) is 6.54 Å². The van der Waals surface area contributed by atoms with Gasteiger partial charge in [-0.2, -0.15) is 11.3 Å². The maximum absolute atomic E-state index is 11.5. The highest BCUT2D eigenvalue weighted by Crippen LogP contribution is 2.27. The molecule has 1 saturated carbocycles. The van der Waals surface area contributed by atoms with Crippen molar-refractivity contribution in [3.05, 3.63) is 22.4 Å². The third kappa shape index (κ3) is 4.88. The molecule has 0 saturated heterocycles. The van der Waals surface area contributed by atoms with Crippen molar-refractivity contribution in [3.63, 3.8) is 0 Å². The standard InChI is InChI=1S/C13H20N2OS/c1-10(6-12-4-5-17-9-12)14-8-13(16)15-7-11-2-3-11/h4-5,9-11,14H,2-3,6-8H2,1H3,(H,15,16). The first-order valence-corrected chi connectivity index (χ1v) is 7.19. The molecule has 2 N–H and O–H groups in total. The van der Waals surface area contributed by atoms with Crippen LogP contribution in [-0.4, -0.2) is 25.0 Å². The summed E-state index contributed by atoms with van der Waals surface area (Å²) in [6.07, 6.45) is 3.55. The zero-order valence-corrected chi connectivity index (χ0v) is 11.1. The summed E-state index contributed by atoms with van der Waals surface area (Å²) in [5.41, 5.74) is 1.34. The molecule has 0 aromatic carbocycles. The number of hydrogen-bond donors (Lipinski definition) is 2. The molecule has 1 aromatic rings. The van der Waals surface area contributed by atoms with Gasteiger partial charge in [0.2, 0.25) is 5.91 Å². The first-order chi connectivity index (χ1) is 8.24. The Morgan fingerprint density at radius 1 is 1.59 bits per heavy atom. The molecule has 0 radical (unpaired) electrons. The van der Waals surface area contributed by atoms with Crippen molar-refractivity contribution in [3.8, 4) is 0 Å². The maximum atomic E-state index is 11.5. The number of hydrogen-bond acceptors (Lipinski definition) is 3. The van der Waals surface area contributed by atoms with Crippen molar-refractivity contribution in [1.82, 2.24) is 10.6 Å². The molecular formula is C13H20N2OS. The van der Waals surface area contributed by atoms with Gasteiger partial charge < -0.3 is 10.6 Å². The predicted molar refractivity (Wildman–Crippen MR) is 71.2 cm³/mol. The first-order valence-electron chi connectivity index (χ1n) is 6.25. The predicted octanol–water partition coefficient (Wildman–Crippen LogP) is 1.79. The summed E-state index contributed by atoms with van der Waals surface area (Å²) in [6, 6.07) is 2.48. The summed E-state index contributed by atoms with van der Waals surface area (Å²) < 4.78 is 0. The van der Waals surface area contributed by atoms with E-state index in [2.05, 4.69) is 34.4 Å². The minimum absolute atomic E-state index is 0.120. The highest BCUT2D eigenvalue weighted by molar-refractivity contribution is 7.07. The number of rotatable bonds is 7. The molecule has 1 unspecified atom stereocenters. The minimum atomic E-state index is 0.120. The van der Waals surface area contributed by atoms with Crippen molar-refractivity contribution in [1.29, 1.82) is 0 Å². The quantitative estimate of drug-likeness (QED) is 0.777. The first kappa shape index (κ1) is 12.6. The highest BCUT2D eigenvalue weighted by Gasteiger charge is 2.21. The van der Waals surface area contributed by atoms with E-state index in [9.17, 15) is 4.79 Å². The fourth-order valence-electron chi connectivity index (χ4n) is 1.74. The van der Waals surface area contributed by atoms with E-state index in [-0.39, 0.29) is 5.91 Å². The van der Waals surface area contributed by atoms with Crippen molar-refractivity contribution in [2.24, 2.45) is 5.92 Å². The fraction of sp³-hybridized carbons (Fsp3) is 0.615. The molecule has 17 heavy (non-hydrogen) atoms. The summed E-state index contributed by atoms with van der Waals surface area (Å²) in [5, 5.41) is 10.5. The zero-order valence-electron chi connectivity index (χ0n) is 10.2. The number of amides is 1. The Morgan fingerprint density at radius 2 is 2.41 bits per heavy atom. The Bertz CT molecular complexity index is 346. The second-order valence-electron chi connectivity index (χ2n) is 4.87. The Labute approximate surface area is 107 Å². The summed E-state index contributed by atoms with van der Waals surface area (Å²) in [5.74, 6) is 0.872. The lowest BCUT2D eigenvalue weighted by atomic mass is 10.1. The van der Waals surface area contributed by atoms with E-state index in [1.807, 2.05) is 0 Å². The van der Waals surface area contributed by atoms with Crippen LogP contribution in [0.4, 0.5) is 0 Å². The van der Waals surface area contributed by atoms with E-state index >= 15 is 0 Å². The van der Waals surface area contributed by atoms with Crippen LogP contribution in [0.15, 0.2) is 16.8 Å². The van der Waals surface area contributed by atoms with Gasteiger partial charge in [-0.15, -0.1) is 0 Å². The van der Waals surface area contributed by atoms with Crippen LogP contribution in [0.5, 0.6) is 0 Å². The lowest BCUT2D eigenvalue weighted by Crippen LogP contribution is -2.39. The van der Waals surface area contributed by atoms with Crippen molar-refractivity contribution < 1.29 is 4.79 Å². The maximum Gasteiger partial charge on any atom is 0.233 e. The van der Waals surface area contributed by atoms with Crippen LogP contribution in [0.2, 0.25) is 0 Å². The summed E-state index contributed by atoms with van der Waals surface area (Å²) in [7, 11) is 0. The number of carbonyl (C=O) groups is 1. The van der Waals surface area contributed by atoms with E-state index in [1.54, 1.807) is 11.3 Å². The average Bonchev–Trinajstić information content (AvgIpc) is 3.01. The van der Waals surface area contributed by atoms with E-state index in [4.69, 9.17) is 0 Å².